The lowest BCUT2D eigenvalue weighted by Crippen LogP contribution is -2.44. The molecular formula is C33H29Cl3F5N3O6. The minimum absolute atomic E-state index is 0.0625. The SMILES string of the molecule is CC(C)(C)OC(=O)N(C(=O)OC(C)(C)C)c1c(F)ccc(NC(=O)c2c(F)ccc(NC(=O)[C@H]3[C@H](c4ccc(F)c(Cl)c4)C3(Cl)Cl)c2F)c1F. The number of alkyl halides is 2. The summed E-state index contributed by atoms with van der Waals surface area (Å²) in [6.07, 6.45) is -3.07. The third-order valence-corrected chi connectivity index (χ3v) is 8.14. The molecule has 2 atom stereocenters. The summed E-state index contributed by atoms with van der Waals surface area (Å²) in [5, 5.41) is 3.80. The number of halogens is 8. The lowest BCUT2D eigenvalue weighted by atomic mass is 10.1. The van der Waals surface area contributed by atoms with Crippen LogP contribution >= 0.6 is 34.8 Å². The number of rotatable bonds is 6. The number of hydrogen-bond acceptors (Lipinski definition) is 6. The first kappa shape index (κ1) is 38.7. The van der Waals surface area contributed by atoms with E-state index in [0.717, 1.165) is 12.1 Å². The fraction of sp³-hybridized carbons (Fsp3) is 0.333. The van der Waals surface area contributed by atoms with E-state index >= 15 is 13.2 Å². The van der Waals surface area contributed by atoms with Crippen LogP contribution in [-0.4, -0.2) is 39.5 Å². The van der Waals surface area contributed by atoms with E-state index in [2.05, 4.69) is 5.32 Å². The third-order valence-electron chi connectivity index (χ3n) is 6.91. The minimum Gasteiger partial charge on any atom is -0.443 e. The maximum absolute atomic E-state index is 15.9. The van der Waals surface area contributed by atoms with Gasteiger partial charge < -0.3 is 20.1 Å². The summed E-state index contributed by atoms with van der Waals surface area (Å²) >= 11 is 18.4. The van der Waals surface area contributed by atoms with Crippen LogP contribution in [0.5, 0.6) is 0 Å². The number of hydrogen-bond donors (Lipinski definition) is 2. The van der Waals surface area contributed by atoms with E-state index in [9.17, 15) is 28.0 Å². The Kier molecular flexibility index (Phi) is 10.7. The first-order chi connectivity index (χ1) is 22.9. The van der Waals surface area contributed by atoms with Gasteiger partial charge in [0.2, 0.25) is 5.91 Å². The molecule has 0 heterocycles. The number of carbonyl (C=O) groups excluding carboxylic acids is 4. The molecule has 9 nitrogen and oxygen atoms in total. The van der Waals surface area contributed by atoms with Gasteiger partial charge in [-0.2, -0.15) is 4.90 Å². The van der Waals surface area contributed by atoms with E-state index in [1.54, 1.807) is 0 Å². The highest BCUT2D eigenvalue weighted by atomic mass is 35.5. The molecule has 0 bridgehead atoms. The van der Waals surface area contributed by atoms with Crippen molar-refractivity contribution in [3.05, 3.63) is 87.7 Å². The van der Waals surface area contributed by atoms with Crippen LogP contribution in [0.4, 0.5) is 48.6 Å². The second kappa shape index (κ2) is 13.9. The van der Waals surface area contributed by atoms with Crippen molar-refractivity contribution in [3.8, 4) is 0 Å². The smallest absolute Gasteiger partial charge is 0.424 e. The van der Waals surface area contributed by atoms with Crippen molar-refractivity contribution in [1.82, 2.24) is 0 Å². The van der Waals surface area contributed by atoms with E-state index in [1.807, 2.05) is 5.32 Å². The molecule has 3 aromatic carbocycles. The van der Waals surface area contributed by atoms with Gasteiger partial charge in [-0.05, 0) is 83.5 Å². The van der Waals surface area contributed by atoms with Gasteiger partial charge in [0.15, 0.2) is 17.5 Å². The number of benzene rings is 3. The van der Waals surface area contributed by atoms with Crippen LogP contribution in [0.15, 0.2) is 42.5 Å². The molecule has 2 N–H and O–H groups in total. The van der Waals surface area contributed by atoms with Gasteiger partial charge in [0.05, 0.1) is 22.3 Å². The lowest BCUT2D eigenvalue weighted by molar-refractivity contribution is -0.117. The Morgan fingerprint density at radius 3 is 1.76 bits per heavy atom. The summed E-state index contributed by atoms with van der Waals surface area (Å²) < 4.78 is 83.7. The Morgan fingerprint density at radius 2 is 1.24 bits per heavy atom. The lowest BCUT2D eigenvalue weighted by Gasteiger charge is -2.29. The zero-order valence-electron chi connectivity index (χ0n) is 27.1. The predicted octanol–water partition coefficient (Wildman–Crippen LogP) is 9.49. The minimum atomic E-state index is -1.72. The standard InChI is InChI=1S/C33H29Cl3F5N3O6/c1-31(2,3)49-29(47)44(30(48)50-32(4,5)6)26-18(39)10-12-20(25(26)41)42-27(45)21-17(38)9-11-19(24(21)40)43-28(46)23-22(33(23,35)36)14-7-8-16(37)15(34)13-14/h7-13,22-23H,1-6H3,(H,42,45)(H,43,46)/t22-,23+/m0/s1. The average Bonchev–Trinajstić information content (AvgIpc) is 3.55. The Bertz CT molecular complexity index is 1870. The fourth-order valence-electron chi connectivity index (χ4n) is 4.74. The molecule has 268 valence electrons. The van der Waals surface area contributed by atoms with Gasteiger partial charge in [-0.25, -0.2) is 31.5 Å². The molecule has 4 rings (SSSR count). The van der Waals surface area contributed by atoms with Crippen molar-refractivity contribution < 1.29 is 50.6 Å². The second-order valence-electron chi connectivity index (χ2n) is 13.1. The van der Waals surface area contributed by atoms with Gasteiger partial charge in [0.1, 0.15) is 38.4 Å². The predicted molar refractivity (Wildman–Crippen MR) is 176 cm³/mol. The molecule has 0 unspecified atom stereocenters. The van der Waals surface area contributed by atoms with E-state index in [0.29, 0.717) is 23.8 Å². The van der Waals surface area contributed by atoms with Crippen LogP contribution in [0.1, 0.15) is 63.4 Å². The van der Waals surface area contributed by atoms with E-state index < -0.39 is 103 Å². The number of carbonyl (C=O) groups is 4. The molecule has 1 aliphatic carbocycles. The first-order valence-electron chi connectivity index (χ1n) is 14.6. The number of nitrogens with zero attached hydrogens (tertiary/aromatic N) is 1. The summed E-state index contributed by atoms with van der Waals surface area (Å²) in [7, 11) is 0. The Hall–Kier alpha value is -4.14. The summed E-state index contributed by atoms with van der Waals surface area (Å²) in [5.74, 6) is -11.6. The van der Waals surface area contributed by atoms with Crippen LogP contribution in [0, 0.1) is 35.0 Å². The molecule has 0 saturated heterocycles. The van der Waals surface area contributed by atoms with Crippen LogP contribution < -0.4 is 15.5 Å². The highest BCUT2D eigenvalue weighted by Crippen LogP contribution is 2.65. The van der Waals surface area contributed by atoms with E-state index in [-0.39, 0.29) is 9.92 Å². The van der Waals surface area contributed by atoms with Gasteiger partial charge in [0, 0.05) is 5.92 Å². The van der Waals surface area contributed by atoms with Crippen LogP contribution in [0.2, 0.25) is 5.02 Å². The van der Waals surface area contributed by atoms with E-state index in [4.69, 9.17) is 44.3 Å². The molecule has 17 heteroatoms. The first-order valence-corrected chi connectivity index (χ1v) is 15.7. The summed E-state index contributed by atoms with van der Waals surface area (Å²) in [4.78, 5) is 52.2. The van der Waals surface area contributed by atoms with Crippen LogP contribution in [0.25, 0.3) is 0 Å². The number of nitrogens with one attached hydrogen (secondary N) is 2. The van der Waals surface area contributed by atoms with Crippen molar-refractivity contribution in [2.24, 2.45) is 5.92 Å². The quantitative estimate of drug-likeness (QED) is 0.191. The normalized spacial score (nSPS) is 16.7. The summed E-state index contributed by atoms with van der Waals surface area (Å²) in [5.41, 5.74) is -6.41. The molecule has 0 spiro atoms. The van der Waals surface area contributed by atoms with Gasteiger partial charge in [0.25, 0.3) is 5.91 Å². The zero-order valence-corrected chi connectivity index (χ0v) is 29.4. The maximum atomic E-state index is 15.9. The Balaban J connectivity index is 1.64. The Morgan fingerprint density at radius 1 is 0.740 bits per heavy atom. The van der Waals surface area contributed by atoms with Crippen molar-refractivity contribution in [1.29, 1.82) is 0 Å². The molecule has 1 fully saturated rings. The topological polar surface area (TPSA) is 114 Å². The number of amides is 4. The van der Waals surface area contributed by atoms with Crippen LogP contribution in [-0.2, 0) is 14.3 Å². The van der Waals surface area contributed by atoms with Crippen LogP contribution in [0.3, 0.4) is 0 Å². The summed E-state index contributed by atoms with van der Waals surface area (Å²) in [6, 6.07) is 6.24. The molecule has 1 saturated carbocycles. The number of anilines is 3. The Labute approximate surface area is 297 Å². The number of ether oxygens (including phenoxy) is 2. The largest absolute Gasteiger partial charge is 0.443 e. The zero-order chi connectivity index (χ0) is 37.7. The highest BCUT2D eigenvalue weighted by Gasteiger charge is 2.67. The van der Waals surface area contributed by atoms with E-state index in [1.165, 1.54) is 53.7 Å². The molecular weight excluding hydrogens is 736 g/mol. The van der Waals surface area contributed by atoms with Gasteiger partial charge in [-0.15, -0.1) is 23.2 Å². The van der Waals surface area contributed by atoms with Crippen molar-refractivity contribution in [2.75, 3.05) is 15.5 Å². The molecule has 0 aliphatic heterocycles. The molecule has 1 aliphatic rings. The van der Waals surface area contributed by atoms with Gasteiger partial charge >= 0.3 is 12.2 Å². The average molecular weight is 765 g/mol. The third kappa shape index (κ3) is 8.24. The van der Waals surface area contributed by atoms with Crippen molar-refractivity contribution in [2.45, 2.75) is 63.0 Å². The molecule has 3 aromatic rings. The maximum Gasteiger partial charge on any atom is 0.424 e. The number of imide groups is 1. The van der Waals surface area contributed by atoms with Crippen molar-refractivity contribution >= 4 is 75.9 Å². The monoisotopic (exact) mass is 763 g/mol. The highest BCUT2D eigenvalue weighted by molar-refractivity contribution is 6.53. The molecule has 0 aromatic heterocycles. The molecule has 4 amide bonds. The second-order valence-corrected chi connectivity index (χ2v) is 14.9. The van der Waals surface area contributed by atoms with Crippen molar-refractivity contribution in [3.63, 3.8) is 0 Å². The van der Waals surface area contributed by atoms with Gasteiger partial charge in [-0.3, -0.25) is 9.59 Å². The molecule has 0 radical (unpaired) electrons. The molecule has 50 heavy (non-hydrogen) atoms. The summed E-state index contributed by atoms with van der Waals surface area (Å²) in [6.45, 7) is 8.54. The van der Waals surface area contributed by atoms with Gasteiger partial charge in [-0.1, -0.05) is 17.7 Å². The fourth-order valence-corrected chi connectivity index (χ4v) is 5.76.